The third kappa shape index (κ3) is 3.18. The van der Waals surface area contributed by atoms with E-state index in [9.17, 15) is 18.0 Å². The first-order valence-corrected chi connectivity index (χ1v) is 6.65. The van der Waals surface area contributed by atoms with Crippen molar-refractivity contribution in [2.75, 3.05) is 0 Å². The fraction of sp³-hybridized carbons (Fsp3) is 0.125. The number of benzene rings is 2. The Kier molecular flexibility index (Phi) is 3.77. The average molecular weight is 321 g/mol. The molecule has 2 aromatic carbocycles. The Morgan fingerprint density at radius 3 is 2.57 bits per heavy atom. The normalized spacial score (nSPS) is 11.6. The summed E-state index contributed by atoms with van der Waals surface area (Å²) >= 11 is 0. The van der Waals surface area contributed by atoms with Crippen molar-refractivity contribution >= 4 is 16.9 Å². The molecule has 3 rings (SSSR count). The van der Waals surface area contributed by atoms with E-state index in [0.717, 1.165) is 12.1 Å². The zero-order valence-electron chi connectivity index (χ0n) is 11.6. The van der Waals surface area contributed by atoms with E-state index in [1.165, 1.54) is 12.1 Å². The van der Waals surface area contributed by atoms with Crippen LogP contribution in [0.3, 0.4) is 0 Å². The van der Waals surface area contributed by atoms with Crippen LogP contribution in [0.5, 0.6) is 5.75 Å². The Bertz CT molecular complexity index is 855. The van der Waals surface area contributed by atoms with Crippen molar-refractivity contribution in [2.45, 2.75) is 12.6 Å². The Labute approximate surface area is 128 Å². The third-order valence-electron chi connectivity index (χ3n) is 3.18. The van der Waals surface area contributed by atoms with E-state index in [4.69, 9.17) is 9.26 Å². The van der Waals surface area contributed by atoms with Crippen LogP contribution in [0.25, 0.3) is 11.0 Å². The van der Waals surface area contributed by atoms with Crippen LogP contribution in [0.1, 0.15) is 11.3 Å². The van der Waals surface area contributed by atoms with Crippen LogP contribution in [0.4, 0.5) is 13.2 Å². The van der Waals surface area contributed by atoms with Crippen molar-refractivity contribution in [3.05, 3.63) is 59.8 Å². The van der Waals surface area contributed by atoms with Gasteiger partial charge in [-0.3, -0.25) is 4.79 Å². The van der Waals surface area contributed by atoms with E-state index in [1.54, 1.807) is 24.3 Å². The number of fused-ring (bicyclic) bond motifs is 1. The fourth-order valence-corrected chi connectivity index (χ4v) is 2.15. The van der Waals surface area contributed by atoms with E-state index < -0.39 is 23.5 Å². The van der Waals surface area contributed by atoms with Crippen LogP contribution in [0.15, 0.2) is 53.1 Å². The summed E-state index contributed by atoms with van der Waals surface area (Å²) in [5.41, 5.74) is -0.195. The van der Waals surface area contributed by atoms with Gasteiger partial charge in [-0.2, -0.15) is 13.2 Å². The Hall–Kier alpha value is -2.83. The van der Waals surface area contributed by atoms with Crippen LogP contribution < -0.4 is 4.74 Å². The van der Waals surface area contributed by atoms with Crippen LogP contribution in [-0.2, 0) is 17.4 Å². The number of hydrogen-bond acceptors (Lipinski definition) is 4. The largest absolute Gasteiger partial charge is 0.426 e. The second-order valence-electron chi connectivity index (χ2n) is 4.77. The molecule has 3 aromatic rings. The second-order valence-corrected chi connectivity index (χ2v) is 4.77. The monoisotopic (exact) mass is 321 g/mol. The van der Waals surface area contributed by atoms with Crippen molar-refractivity contribution in [3.63, 3.8) is 0 Å². The Morgan fingerprint density at radius 2 is 1.78 bits per heavy atom. The Balaban J connectivity index is 1.81. The third-order valence-corrected chi connectivity index (χ3v) is 3.18. The molecule has 7 heteroatoms. The molecular weight excluding hydrogens is 311 g/mol. The van der Waals surface area contributed by atoms with Gasteiger partial charge in [-0.05, 0) is 24.3 Å². The first kappa shape index (κ1) is 15.1. The van der Waals surface area contributed by atoms with E-state index in [2.05, 4.69) is 5.16 Å². The van der Waals surface area contributed by atoms with Gasteiger partial charge in [-0.15, -0.1) is 0 Å². The lowest BCUT2D eigenvalue weighted by Gasteiger charge is -2.12. The van der Waals surface area contributed by atoms with Crippen molar-refractivity contribution in [1.82, 2.24) is 5.16 Å². The van der Waals surface area contributed by atoms with Gasteiger partial charge in [0.2, 0.25) is 0 Å². The first-order valence-electron chi connectivity index (χ1n) is 6.65. The lowest BCUT2D eigenvalue weighted by atomic mass is 10.1. The van der Waals surface area contributed by atoms with Crippen LogP contribution in [0, 0.1) is 0 Å². The molecule has 0 aliphatic carbocycles. The highest BCUT2D eigenvalue weighted by molar-refractivity contribution is 5.84. The summed E-state index contributed by atoms with van der Waals surface area (Å²) in [6, 6.07) is 11.4. The van der Waals surface area contributed by atoms with E-state index in [1.807, 2.05) is 0 Å². The molecule has 0 atom stereocenters. The maximum absolute atomic E-state index is 12.9. The summed E-state index contributed by atoms with van der Waals surface area (Å²) in [6.45, 7) is 0. The van der Waals surface area contributed by atoms with Crippen molar-refractivity contribution in [1.29, 1.82) is 0 Å². The predicted octanol–water partition coefficient (Wildman–Crippen LogP) is 3.99. The fourth-order valence-electron chi connectivity index (χ4n) is 2.15. The Morgan fingerprint density at radius 1 is 1.09 bits per heavy atom. The van der Waals surface area contributed by atoms with Crippen molar-refractivity contribution in [3.8, 4) is 5.75 Å². The molecule has 1 aromatic heterocycles. The molecule has 0 N–H and O–H groups in total. The van der Waals surface area contributed by atoms with Crippen LogP contribution in [-0.4, -0.2) is 11.1 Å². The van der Waals surface area contributed by atoms with Crippen LogP contribution >= 0.6 is 0 Å². The number of aromatic nitrogens is 1. The predicted molar refractivity (Wildman–Crippen MR) is 74.8 cm³/mol. The van der Waals surface area contributed by atoms with Crippen LogP contribution in [0.2, 0.25) is 0 Å². The maximum atomic E-state index is 12.9. The summed E-state index contributed by atoms with van der Waals surface area (Å²) in [5, 5.41) is 4.37. The number of carbonyl (C=O) groups is 1. The second kappa shape index (κ2) is 5.75. The molecule has 0 unspecified atom stereocenters. The number of halogens is 3. The highest BCUT2D eigenvalue weighted by atomic mass is 19.4. The van der Waals surface area contributed by atoms with Gasteiger partial charge < -0.3 is 9.26 Å². The minimum atomic E-state index is -4.60. The molecular formula is C16H10F3NO3. The van der Waals surface area contributed by atoms with Crippen molar-refractivity contribution in [2.24, 2.45) is 0 Å². The van der Waals surface area contributed by atoms with E-state index in [-0.39, 0.29) is 6.42 Å². The van der Waals surface area contributed by atoms with Gasteiger partial charge >= 0.3 is 12.1 Å². The lowest BCUT2D eigenvalue weighted by Crippen LogP contribution is -2.15. The molecule has 0 aliphatic heterocycles. The molecule has 0 spiro atoms. The number of hydrogen-bond donors (Lipinski definition) is 0. The summed E-state index contributed by atoms with van der Waals surface area (Å²) in [5.74, 6) is -1.38. The summed E-state index contributed by atoms with van der Waals surface area (Å²) < 4.78 is 48.5. The quantitative estimate of drug-likeness (QED) is 0.540. The van der Waals surface area contributed by atoms with Gasteiger partial charge in [0, 0.05) is 5.39 Å². The SMILES string of the molecule is O=C(Cc1noc2ccccc12)Oc1ccccc1C(F)(F)F. The summed E-state index contributed by atoms with van der Waals surface area (Å²) in [7, 11) is 0. The van der Waals surface area contributed by atoms with Gasteiger partial charge in [-0.25, -0.2) is 0 Å². The minimum Gasteiger partial charge on any atom is -0.426 e. The highest BCUT2D eigenvalue weighted by Gasteiger charge is 2.34. The number of para-hydroxylation sites is 2. The van der Waals surface area contributed by atoms with Gasteiger partial charge in [0.05, 0.1) is 12.0 Å². The number of ether oxygens (including phenoxy) is 1. The number of nitrogens with zero attached hydrogens (tertiary/aromatic N) is 1. The highest BCUT2D eigenvalue weighted by Crippen LogP contribution is 2.36. The molecule has 0 bridgehead atoms. The smallest absolute Gasteiger partial charge is 0.419 e. The summed E-state index contributed by atoms with van der Waals surface area (Å²) in [6.07, 6.45) is -4.89. The molecule has 4 nitrogen and oxygen atoms in total. The van der Waals surface area contributed by atoms with Gasteiger partial charge in [-0.1, -0.05) is 29.4 Å². The average Bonchev–Trinajstić information content (AvgIpc) is 2.90. The molecule has 0 fully saturated rings. The molecule has 0 saturated heterocycles. The van der Waals surface area contributed by atoms with E-state index >= 15 is 0 Å². The minimum absolute atomic E-state index is 0.288. The zero-order chi connectivity index (χ0) is 16.4. The molecule has 0 radical (unpaired) electrons. The van der Waals surface area contributed by atoms with E-state index in [0.29, 0.717) is 16.7 Å². The lowest BCUT2D eigenvalue weighted by molar-refractivity contribution is -0.142. The maximum Gasteiger partial charge on any atom is 0.419 e. The molecule has 0 aliphatic rings. The number of esters is 1. The topological polar surface area (TPSA) is 52.3 Å². The number of rotatable bonds is 3. The van der Waals surface area contributed by atoms with Crippen molar-refractivity contribution < 1.29 is 27.2 Å². The first-order chi connectivity index (χ1) is 10.9. The van der Waals surface area contributed by atoms with Gasteiger partial charge in [0.25, 0.3) is 0 Å². The van der Waals surface area contributed by atoms with Gasteiger partial charge in [0.1, 0.15) is 11.4 Å². The molecule has 0 saturated carbocycles. The standard InChI is InChI=1S/C16H10F3NO3/c17-16(18,19)11-6-2-4-8-14(11)22-15(21)9-12-10-5-1-3-7-13(10)23-20-12/h1-8H,9H2. The molecule has 1 heterocycles. The number of carbonyl (C=O) groups excluding carboxylic acids is 1. The zero-order valence-corrected chi connectivity index (χ0v) is 11.6. The van der Waals surface area contributed by atoms with Gasteiger partial charge in [0.15, 0.2) is 5.58 Å². The number of alkyl halides is 3. The molecule has 0 amide bonds. The molecule has 23 heavy (non-hydrogen) atoms. The summed E-state index contributed by atoms with van der Waals surface area (Å²) in [4.78, 5) is 11.9. The molecule has 118 valence electrons.